The van der Waals surface area contributed by atoms with Crippen LogP contribution >= 0.6 is 23.4 Å². The number of amides is 1. The van der Waals surface area contributed by atoms with Gasteiger partial charge in [-0.05, 0) is 61.2 Å². The third-order valence-electron chi connectivity index (χ3n) is 4.22. The van der Waals surface area contributed by atoms with E-state index in [4.69, 9.17) is 20.8 Å². The zero-order chi connectivity index (χ0) is 20.6. The number of ether oxygens (including phenoxy) is 1. The summed E-state index contributed by atoms with van der Waals surface area (Å²) in [6.07, 6.45) is 2.50. The predicted octanol–water partition coefficient (Wildman–Crippen LogP) is 4.95. The number of aromatic nitrogens is 2. The molecule has 0 aliphatic heterocycles. The van der Waals surface area contributed by atoms with Gasteiger partial charge in [0.2, 0.25) is 11.8 Å². The van der Waals surface area contributed by atoms with Crippen molar-refractivity contribution < 1.29 is 13.9 Å². The lowest BCUT2D eigenvalue weighted by Crippen LogP contribution is -2.13. The minimum absolute atomic E-state index is 0.146. The molecule has 1 aromatic heterocycles. The number of nitrogens with one attached hydrogen (secondary N) is 1. The third-order valence-corrected chi connectivity index (χ3v) is 5.29. The van der Waals surface area contributed by atoms with Crippen LogP contribution < -0.4 is 10.1 Å². The zero-order valence-electron chi connectivity index (χ0n) is 16.3. The normalized spacial score (nSPS) is 10.7. The second-order valence-electron chi connectivity index (χ2n) is 6.46. The number of hydrogen-bond acceptors (Lipinski definition) is 6. The van der Waals surface area contributed by atoms with Gasteiger partial charge in [0.15, 0.2) is 0 Å². The van der Waals surface area contributed by atoms with Gasteiger partial charge in [0.25, 0.3) is 5.22 Å². The Morgan fingerprint density at radius 2 is 1.97 bits per heavy atom. The van der Waals surface area contributed by atoms with Crippen LogP contribution in [-0.4, -0.2) is 29.0 Å². The molecule has 0 bridgehead atoms. The maximum Gasteiger partial charge on any atom is 0.277 e. The summed E-state index contributed by atoms with van der Waals surface area (Å²) in [6.45, 7) is 2.03. The summed E-state index contributed by atoms with van der Waals surface area (Å²) >= 11 is 7.05. The van der Waals surface area contributed by atoms with E-state index in [1.54, 1.807) is 31.4 Å². The molecule has 0 aliphatic rings. The molecule has 1 heterocycles. The lowest BCUT2D eigenvalue weighted by atomic mass is 10.1. The van der Waals surface area contributed by atoms with Crippen LogP contribution in [0.4, 0.5) is 5.69 Å². The summed E-state index contributed by atoms with van der Waals surface area (Å²) < 4.78 is 10.9. The maximum absolute atomic E-state index is 12.0. The molecular weight excluding hydrogens is 410 g/mol. The molecule has 0 fully saturated rings. The van der Waals surface area contributed by atoms with E-state index in [9.17, 15) is 4.79 Å². The van der Waals surface area contributed by atoms with Gasteiger partial charge in [0, 0.05) is 17.1 Å². The molecule has 0 atom stereocenters. The van der Waals surface area contributed by atoms with E-state index in [1.165, 1.54) is 17.3 Å². The van der Waals surface area contributed by atoms with Gasteiger partial charge in [-0.2, -0.15) is 0 Å². The fourth-order valence-electron chi connectivity index (χ4n) is 2.79. The maximum atomic E-state index is 12.0. The number of aryl methyl sites for hydroxylation is 3. The molecule has 152 valence electrons. The molecule has 3 aromatic rings. The number of methoxy groups -OCH3 is 1. The predicted molar refractivity (Wildman–Crippen MR) is 115 cm³/mol. The van der Waals surface area contributed by atoms with E-state index in [0.29, 0.717) is 28.2 Å². The molecule has 0 unspecified atom stereocenters. The highest BCUT2D eigenvalue weighted by molar-refractivity contribution is 7.99. The second-order valence-corrected chi connectivity index (χ2v) is 7.83. The lowest BCUT2D eigenvalue weighted by Gasteiger charge is -2.06. The van der Waals surface area contributed by atoms with Crippen molar-refractivity contribution in [2.75, 3.05) is 18.2 Å². The standard InChI is InChI=1S/C21H22ClN3O3S/c1-14-12-15(6-11-18(14)27-2)4-3-5-20-24-25-21(28-20)29-13-19(26)23-17-9-7-16(22)8-10-17/h6-12H,3-5,13H2,1-2H3,(H,23,26). The number of carbonyl (C=O) groups excluding carboxylic acids is 1. The molecular formula is C21H22ClN3O3S. The largest absolute Gasteiger partial charge is 0.496 e. The summed E-state index contributed by atoms with van der Waals surface area (Å²) in [5.74, 6) is 1.52. The first kappa shape index (κ1) is 21.2. The fourth-order valence-corrected chi connectivity index (χ4v) is 3.50. The van der Waals surface area contributed by atoms with Crippen LogP contribution in [0.2, 0.25) is 5.02 Å². The molecule has 0 saturated heterocycles. The number of benzene rings is 2. The van der Waals surface area contributed by atoms with E-state index in [1.807, 2.05) is 13.0 Å². The van der Waals surface area contributed by atoms with E-state index in [2.05, 4.69) is 27.6 Å². The molecule has 3 rings (SSSR count). The molecule has 0 aliphatic carbocycles. The summed E-state index contributed by atoms with van der Waals surface area (Å²) in [6, 6.07) is 13.1. The van der Waals surface area contributed by atoms with Gasteiger partial charge < -0.3 is 14.5 Å². The van der Waals surface area contributed by atoms with Crippen molar-refractivity contribution in [1.29, 1.82) is 0 Å². The first-order valence-electron chi connectivity index (χ1n) is 9.17. The van der Waals surface area contributed by atoms with E-state index in [-0.39, 0.29) is 11.7 Å². The van der Waals surface area contributed by atoms with E-state index in [0.717, 1.165) is 24.2 Å². The quantitative estimate of drug-likeness (QED) is 0.483. The van der Waals surface area contributed by atoms with Gasteiger partial charge >= 0.3 is 0 Å². The van der Waals surface area contributed by atoms with E-state index >= 15 is 0 Å². The van der Waals surface area contributed by atoms with Gasteiger partial charge in [-0.1, -0.05) is 35.5 Å². The molecule has 0 saturated carbocycles. The van der Waals surface area contributed by atoms with Crippen molar-refractivity contribution in [3.63, 3.8) is 0 Å². The van der Waals surface area contributed by atoms with Crippen LogP contribution in [0.25, 0.3) is 0 Å². The lowest BCUT2D eigenvalue weighted by molar-refractivity contribution is -0.113. The van der Waals surface area contributed by atoms with Crippen molar-refractivity contribution >= 4 is 35.0 Å². The van der Waals surface area contributed by atoms with Crippen molar-refractivity contribution in [2.45, 2.75) is 31.4 Å². The highest BCUT2D eigenvalue weighted by Crippen LogP contribution is 2.21. The highest BCUT2D eigenvalue weighted by Gasteiger charge is 2.10. The van der Waals surface area contributed by atoms with E-state index < -0.39 is 0 Å². The Kier molecular flexibility index (Phi) is 7.55. The van der Waals surface area contributed by atoms with Crippen molar-refractivity contribution in [3.8, 4) is 5.75 Å². The Labute approximate surface area is 179 Å². The fraction of sp³-hybridized carbons (Fsp3) is 0.286. The van der Waals surface area contributed by atoms with Crippen LogP contribution in [0.1, 0.15) is 23.4 Å². The third kappa shape index (κ3) is 6.51. The van der Waals surface area contributed by atoms with Crippen molar-refractivity contribution in [1.82, 2.24) is 10.2 Å². The van der Waals surface area contributed by atoms with Gasteiger partial charge in [0.05, 0.1) is 12.9 Å². The molecule has 0 spiro atoms. The van der Waals surface area contributed by atoms with Gasteiger partial charge in [-0.15, -0.1) is 10.2 Å². The number of rotatable bonds is 9. The van der Waals surface area contributed by atoms with Crippen molar-refractivity contribution in [3.05, 3.63) is 64.5 Å². The topological polar surface area (TPSA) is 77.2 Å². The van der Waals surface area contributed by atoms with Gasteiger partial charge in [-0.3, -0.25) is 4.79 Å². The Hall–Kier alpha value is -2.51. The van der Waals surface area contributed by atoms with Crippen LogP contribution in [0.15, 0.2) is 52.1 Å². The Bertz CT molecular complexity index is 960. The van der Waals surface area contributed by atoms with Crippen LogP contribution in [0.5, 0.6) is 5.75 Å². The first-order valence-corrected chi connectivity index (χ1v) is 10.5. The summed E-state index contributed by atoms with van der Waals surface area (Å²) in [7, 11) is 1.68. The smallest absolute Gasteiger partial charge is 0.277 e. The average Bonchev–Trinajstić information content (AvgIpc) is 3.16. The Morgan fingerprint density at radius 3 is 2.69 bits per heavy atom. The molecule has 1 N–H and O–H groups in total. The number of hydrogen-bond donors (Lipinski definition) is 1. The molecule has 0 radical (unpaired) electrons. The monoisotopic (exact) mass is 431 g/mol. The molecule has 2 aromatic carbocycles. The average molecular weight is 432 g/mol. The van der Waals surface area contributed by atoms with Crippen LogP contribution in [-0.2, 0) is 17.6 Å². The Morgan fingerprint density at radius 1 is 1.17 bits per heavy atom. The minimum atomic E-state index is -0.146. The molecule has 1 amide bonds. The van der Waals surface area contributed by atoms with Crippen LogP contribution in [0.3, 0.4) is 0 Å². The molecule has 29 heavy (non-hydrogen) atoms. The number of nitrogens with zero attached hydrogens (tertiary/aromatic N) is 2. The highest BCUT2D eigenvalue weighted by atomic mass is 35.5. The zero-order valence-corrected chi connectivity index (χ0v) is 17.8. The van der Waals surface area contributed by atoms with Gasteiger partial charge in [0.1, 0.15) is 5.75 Å². The molecule has 8 heteroatoms. The number of anilines is 1. The number of carbonyl (C=O) groups is 1. The first-order chi connectivity index (χ1) is 14.0. The molecule has 6 nitrogen and oxygen atoms in total. The van der Waals surface area contributed by atoms with Gasteiger partial charge in [-0.25, -0.2) is 0 Å². The summed E-state index contributed by atoms with van der Waals surface area (Å²) in [5, 5.41) is 11.9. The second kappa shape index (κ2) is 10.3. The number of halogens is 1. The number of thioether (sulfide) groups is 1. The SMILES string of the molecule is COc1ccc(CCCc2nnc(SCC(=O)Nc3ccc(Cl)cc3)o2)cc1C. The van der Waals surface area contributed by atoms with Crippen LogP contribution in [0, 0.1) is 6.92 Å². The van der Waals surface area contributed by atoms with Crippen molar-refractivity contribution in [2.24, 2.45) is 0 Å². The Balaban J connectivity index is 1.41. The minimum Gasteiger partial charge on any atom is -0.496 e. The summed E-state index contributed by atoms with van der Waals surface area (Å²) in [4.78, 5) is 12.0. The summed E-state index contributed by atoms with van der Waals surface area (Å²) in [5.41, 5.74) is 3.06.